The van der Waals surface area contributed by atoms with Crippen LogP contribution in [0.25, 0.3) is 0 Å². The van der Waals surface area contributed by atoms with Crippen molar-refractivity contribution >= 4 is 60.2 Å². The molecular weight excluding hydrogens is 396 g/mol. The standard InChI is InChI=1S/C12H11BrN2O3S3/c1-18-9-3-2-7(6-8(9)13)15-21(16,17)11-5-4-10(20-11)12(14)19/h2-6,15H,1H3,(H2,14,19). The van der Waals surface area contributed by atoms with Crippen molar-refractivity contribution in [2.24, 2.45) is 5.73 Å². The molecule has 0 saturated heterocycles. The number of benzene rings is 1. The zero-order valence-electron chi connectivity index (χ0n) is 10.8. The Morgan fingerprint density at radius 3 is 2.62 bits per heavy atom. The van der Waals surface area contributed by atoms with Crippen LogP contribution in [-0.2, 0) is 10.0 Å². The third-order valence-corrected chi connectivity index (χ3v) is 6.45. The van der Waals surface area contributed by atoms with Crippen molar-refractivity contribution in [2.75, 3.05) is 11.8 Å². The summed E-state index contributed by atoms with van der Waals surface area (Å²) in [5.74, 6) is 0.616. The average molecular weight is 407 g/mol. The Morgan fingerprint density at radius 2 is 2.10 bits per heavy atom. The minimum Gasteiger partial charge on any atom is -0.496 e. The van der Waals surface area contributed by atoms with Gasteiger partial charge >= 0.3 is 0 Å². The number of thiophene rings is 1. The van der Waals surface area contributed by atoms with Crippen LogP contribution in [0.4, 0.5) is 5.69 Å². The number of methoxy groups -OCH3 is 1. The highest BCUT2D eigenvalue weighted by Gasteiger charge is 2.18. The van der Waals surface area contributed by atoms with Gasteiger partial charge < -0.3 is 10.5 Å². The summed E-state index contributed by atoms with van der Waals surface area (Å²) in [4.78, 5) is 0.731. The van der Waals surface area contributed by atoms with Gasteiger partial charge in [0.05, 0.1) is 22.1 Å². The molecule has 0 atom stereocenters. The second-order valence-corrected chi connectivity index (χ2v) is 8.22. The molecule has 2 aromatic rings. The SMILES string of the molecule is COc1ccc(NS(=O)(=O)c2ccc(C(N)=S)s2)cc1Br. The van der Waals surface area contributed by atoms with Gasteiger partial charge in [0.25, 0.3) is 10.0 Å². The van der Waals surface area contributed by atoms with Crippen LogP contribution in [0.2, 0.25) is 0 Å². The first-order valence-electron chi connectivity index (χ1n) is 5.59. The number of rotatable bonds is 5. The lowest BCUT2D eigenvalue weighted by atomic mass is 10.3. The Kier molecular flexibility index (Phi) is 4.87. The van der Waals surface area contributed by atoms with Gasteiger partial charge in [-0.3, -0.25) is 4.72 Å². The van der Waals surface area contributed by atoms with Crippen molar-refractivity contribution in [1.82, 2.24) is 0 Å². The first kappa shape index (κ1) is 16.2. The lowest BCUT2D eigenvalue weighted by molar-refractivity contribution is 0.412. The molecule has 0 bridgehead atoms. The highest BCUT2D eigenvalue weighted by molar-refractivity contribution is 9.10. The van der Waals surface area contributed by atoms with Gasteiger partial charge in [0.15, 0.2) is 0 Å². The number of anilines is 1. The summed E-state index contributed by atoms with van der Waals surface area (Å²) in [7, 11) is -2.14. The molecule has 21 heavy (non-hydrogen) atoms. The van der Waals surface area contributed by atoms with Crippen LogP contribution in [0, 0.1) is 0 Å². The Morgan fingerprint density at radius 1 is 1.38 bits per heavy atom. The van der Waals surface area contributed by atoms with E-state index >= 15 is 0 Å². The van der Waals surface area contributed by atoms with E-state index in [1.807, 2.05) is 0 Å². The van der Waals surface area contributed by atoms with Crippen LogP contribution in [-0.4, -0.2) is 20.5 Å². The quantitative estimate of drug-likeness (QED) is 0.745. The van der Waals surface area contributed by atoms with E-state index in [1.165, 1.54) is 13.2 Å². The van der Waals surface area contributed by atoms with Gasteiger partial charge in [-0.2, -0.15) is 0 Å². The Balaban J connectivity index is 2.28. The average Bonchev–Trinajstić information content (AvgIpc) is 2.89. The van der Waals surface area contributed by atoms with Crippen molar-refractivity contribution in [3.05, 3.63) is 39.7 Å². The summed E-state index contributed by atoms with van der Waals surface area (Å²) >= 11 is 9.15. The molecule has 1 heterocycles. The molecule has 0 unspecified atom stereocenters. The fraction of sp³-hybridized carbons (Fsp3) is 0.0833. The molecule has 0 amide bonds. The molecule has 9 heteroatoms. The Hall–Kier alpha value is -1.16. The summed E-state index contributed by atoms with van der Waals surface area (Å²) in [6.45, 7) is 0. The van der Waals surface area contributed by atoms with Crippen LogP contribution < -0.4 is 15.2 Å². The Labute approximate surface area is 140 Å². The zero-order chi connectivity index (χ0) is 15.6. The summed E-state index contributed by atoms with van der Waals surface area (Å²) in [5, 5.41) is 0. The minimum atomic E-state index is -3.67. The Bertz CT molecular complexity index is 787. The molecule has 2 rings (SSSR count). The number of thiocarbonyl (C=S) groups is 1. The fourth-order valence-electron chi connectivity index (χ4n) is 1.53. The number of ether oxygens (including phenoxy) is 1. The molecule has 112 valence electrons. The molecule has 0 fully saturated rings. The van der Waals surface area contributed by atoms with Crippen molar-refractivity contribution in [3.63, 3.8) is 0 Å². The third kappa shape index (κ3) is 3.73. The van der Waals surface area contributed by atoms with Gasteiger partial charge in [-0.25, -0.2) is 8.42 Å². The molecule has 3 N–H and O–H groups in total. The lowest BCUT2D eigenvalue weighted by Gasteiger charge is -2.08. The topological polar surface area (TPSA) is 81.4 Å². The minimum absolute atomic E-state index is 0.150. The van der Waals surface area contributed by atoms with E-state index in [0.29, 0.717) is 20.8 Å². The number of hydrogen-bond acceptors (Lipinski definition) is 5. The summed E-state index contributed by atoms with van der Waals surface area (Å²) in [5.41, 5.74) is 5.91. The smallest absolute Gasteiger partial charge is 0.271 e. The van der Waals surface area contributed by atoms with Gasteiger partial charge in [0, 0.05) is 0 Å². The number of halogens is 1. The summed E-state index contributed by atoms with van der Waals surface area (Å²) in [6, 6.07) is 7.96. The van der Waals surface area contributed by atoms with Gasteiger partial charge in [0.2, 0.25) is 0 Å². The maximum Gasteiger partial charge on any atom is 0.271 e. The van der Waals surface area contributed by atoms with Crippen molar-refractivity contribution in [3.8, 4) is 5.75 Å². The summed E-state index contributed by atoms with van der Waals surface area (Å²) in [6.07, 6.45) is 0. The van der Waals surface area contributed by atoms with Crippen LogP contribution in [0.1, 0.15) is 4.88 Å². The number of nitrogens with one attached hydrogen (secondary N) is 1. The number of sulfonamides is 1. The first-order chi connectivity index (χ1) is 9.83. The van der Waals surface area contributed by atoms with E-state index in [1.54, 1.807) is 24.3 Å². The molecular formula is C12H11BrN2O3S3. The second-order valence-electron chi connectivity index (χ2n) is 3.94. The van der Waals surface area contributed by atoms with Crippen LogP contribution >= 0.6 is 39.5 Å². The van der Waals surface area contributed by atoms with Crippen molar-refractivity contribution in [1.29, 1.82) is 0 Å². The predicted octanol–water partition coefficient (Wildman–Crippen LogP) is 2.95. The van der Waals surface area contributed by atoms with E-state index in [9.17, 15) is 8.42 Å². The van der Waals surface area contributed by atoms with Crippen LogP contribution in [0.5, 0.6) is 5.75 Å². The monoisotopic (exact) mass is 406 g/mol. The second kappa shape index (κ2) is 6.30. The van der Waals surface area contributed by atoms with Gasteiger partial charge in [-0.05, 0) is 46.3 Å². The molecule has 0 aliphatic rings. The summed E-state index contributed by atoms with van der Waals surface area (Å²) < 4.78 is 32.9. The molecule has 0 saturated carbocycles. The van der Waals surface area contributed by atoms with Crippen LogP contribution in [0.15, 0.2) is 39.0 Å². The van der Waals surface area contributed by atoms with E-state index in [2.05, 4.69) is 20.7 Å². The third-order valence-electron chi connectivity index (χ3n) is 2.49. The molecule has 0 aliphatic heterocycles. The molecule has 5 nitrogen and oxygen atoms in total. The predicted molar refractivity (Wildman–Crippen MR) is 91.7 cm³/mol. The van der Waals surface area contributed by atoms with Crippen LogP contribution in [0.3, 0.4) is 0 Å². The zero-order valence-corrected chi connectivity index (χ0v) is 14.8. The van der Waals surface area contributed by atoms with E-state index in [0.717, 1.165) is 11.3 Å². The highest BCUT2D eigenvalue weighted by Crippen LogP contribution is 2.30. The maximum atomic E-state index is 12.3. The normalized spacial score (nSPS) is 11.1. The number of nitrogens with two attached hydrogens (primary N) is 1. The van der Waals surface area contributed by atoms with Gasteiger partial charge in [-0.15, -0.1) is 11.3 Å². The molecule has 1 aromatic heterocycles. The molecule has 0 spiro atoms. The molecule has 1 aromatic carbocycles. The lowest BCUT2D eigenvalue weighted by Crippen LogP contribution is -2.11. The molecule has 0 radical (unpaired) electrons. The van der Waals surface area contributed by atoms with Crippen molar-refractivity contribution < 1.29 is 13.2 Å². The van der Waals surface area contributed by atoms with E-state index < -0.39 is 10.0 Å². The maximum absolute atomic E-state index is 12.3. The van der Waals surface area contributed by atoms with Gasteiger partial charge in [-0.1, -0.05) is 12.2 Å². The van der Waals surface area contributed by atoms with E-state index in [4.69, 9.17) is 22.7 Å². The fourth-order valence-corrected chi connectivity index (χ4v) is 4.47. The highest BCUT2D eigenvalue weighted by atomic mass is 79.9. The largest absolute Gasteiger partial charge is 0.496 e. The van der Waals surface area contributed by atoms with E-state index in [-0.39, 0.29) is 9.20 Å². The van der Waals surface area contributed by atoms with Crippen molar-refractivity contribution in [2.45, 2.75) is 4.21 Å². The number of hydrogen-bond donors (Lipinski definition) is 2. The van der Waals surface area contributed by atoms with Gasteiger partial charge in [0.1, 0.15) is 14.9 Å². The molecule has 0 aliphatic carbocycles. The first-order valence-corrected chi connectivity index (χ1v) is 9.09.